The van der Waals surface area contributed by atoms with Crippen LogP contribution in [-0.2, 0) is 6.18 Å². The monoisotopic (exact) mass is 321 g/mol. The maximum Gasteiger partial charge on any atom is 0.416 e. The summed E-state index contributed by atoms with van der Waals surface area (Å²) in [6.07, 6.45) is -4.65. The Morgan fingerprint density at radius 2 is 1.91 bits per heavy atom. The van der Waals surface area contributed by atoms with E-state index in [-0.39, 0.29) is 31.0 Å². The van der Waals surface area contributed by atoms with E-state index in [2.05, 4.69) is 22.0 Å². The third-order valence-corrected chi connectivity index (χ3v) is 2.63. The second-order valence-corrected chi connectivity index (χ2v) is 4.74. The average molecular weight is 321 g/mol. The van der Waals surface area contributed by atoms with Gasteiger partial charge in [0.1, 0.15) is 0 Å². The first-order chi connectivity index (χ1) is 10.1. The van der Waals surface area contributed by atoms with Crippen LogP contribution in [-0.4, -0.2) is 25.1 Å². The Hall–Kier alpha value is -1.99. The number of nitrogens with one attached hydrogen (secondary N) is 1. The number of alkyl halides is 5. The van der Waals surface area contributed by atoms with Gasteiger partial charge >= 0.3 is 6.18 Å². The number of aliphatic imine (C=N–C) groups is 2. The van der Waals surface area contributed by atoms with Crippen molar-refractivity contribution in [1.29, 1.82) is 0 Å². The van der Waals surface area contributed by atoms with Gasteiger partial charge in [0.25, 0.3) is 0 Å². The van der Waals surface area contributed by atoms with E-state index >= 15 is 0 Å². The molecule has 1 aromatic rings. The van der Waals surface area contributed by atoms with Crippen LogP contribution in [0.2, 0.25) is 0 Å². The highest BCUT2D eigenvalue weighted by molar-refractivity contribution is 5.96. The number of rotatable bonds is 5. The minimum absolute atomic E-state index is 0.0151. The van der Waals surface area contributed by atoms with Gasteiger partial charge in [-0.1, -0.05) is 6.07 Å². The molecule has 0 unspecified atom stereocenters. The molecule has 8 heteroatoms. The zero-order valence-corrected chi connectivity index (χ0v) is 11.9. The predicted octanol–water partition coefficient (Wildman–Crippen LogP) is 4.61. The van der Waals surface area contributed by atoms with Crippen LogP contribution in [0.3, 0.4) is 0 Å². The van der Waals surface area contributed by atoms with E-state index in [1.165, 1.54) is 12.1 Å². The molecular weight excluding hydrogens is 305 g/mol. The van der Waals surface area contributed by atoms with Crippen molar-refractivity contribution in [1.82, 2.24) is 0 Å². The largest absolute Gasteiger partial charge is 0.416 e. The van der Waals surface area contributed by atoms with Crippen LogP contribution in [0.5, 0.6) is 0 Å². The molecule has 0 aromatic heterocycles. The van der Waals surface area contributed by atoms with Crippen molar-refractivity contribution in [3.8, 4) is 0 Å². The van der Waals surface area contributed by atoms with Crippen LogP contribution in [0.4, 0.5) is 27.6 Å². The molecule has 0 radical (unpaired) electrons. The van der Waals surface area contributed by atoms with E-state index < -0.39 is 17.7 Å². The van der Waals surface area contributed by atoms with E-state index in [4.69, 9.17) is 0 Å². The smallest absolute Gasteiger partial charge is 0.324 e. The van der Waals surface area contributed by atoms with Gasteiger partial charge in [0.2, 0.25) is 11.9 Å². The summed E-state index contributed by atoms with van der Waals surface area (Å²) in [5.41, 5.74) is -0.673. The Labute approximate surface area is 125 Å². The summed E-state index contributed by atoms with van der Waals surface area (Å²) >= 11 is 0. The molecule has 1 aromatic carbocycles. The van der Waals surface area contributed by atoms with E-state index in [1.807, 2.05) is 0 Å². The molecule has 0 fully saturated rings. The highest BCUT2D eigenvalue weighted by Crippen LogP contribution is 2.30. The van der Waals surface area contributed by atoms with Crippen molar-refractivity contribution in [2.75, 3.05) is 11.9 Å². The fourth-order valence-corrected chi connectivity index (χ4v) is 1.61. The molecule has 0 atom stereocenters. The van der Waals surface area contributed by atoms with Crippen LogP contribution >= 0.6 is 0 Å². The van der Waals surface area contributed by atoms with Crippen molar-refractivity contribution in [3.05, 3.63) is 29.8 Å². The van der Waals surface area contributed by atoms with Gasteiger partial charge in [0, 0.05) is 18.7 Å². The maximum atomic E-state index is 12.6. The van der Waals surface area contributed by atoms with Gasteiger partial charge in [-0.25, -0.2) is 13.8 Å². The SMILES string of the molecule is C=NC(=NCCCC(C)(F)F)Nc1cccc(C(F)(F)F)c1. The molecule has 0 bridgehead atoms. The summed E-state index contributed by atoms with van der Waals surface area (Å²) < 4.78 is 63.0. The first-order valence-corrected chi connectivity index (χ1v) is 6.45. The van der Waals surface area contributed by atoms with Gasteiger partial charge in [0.15, 0.2) is 0 Å². The molecule has 1 rings (SSSR count). The second-order valence-electron chi connectivity index (χ2n) is 4.74. The summed E-state index contributed by atoms with van der Waals surface area (Å²) in [7, 11) is 0. The molecule has 0 aliphatic carbocycles. The van der Waals surface area contributed by atoms with E-state index in [1.54, 1.807) is 0 Å². The van der Waals surface area contributed by atoms with Crippen LogP contribution < -0.4 is 5.32 Å². The Bertz CT molecular complexity index is 532. The first kappa shape index (κ1) is 18.1. The predicted molar refractivity (Wildman–Crippen MR) is 76.8 cm³/mol. The molecule has 3 nitrogen and oxygen atoms in total. The van der Waals surface area contributed by atoms with E-state index in [0.717, 1.165) is 19.1 Å². The molecular formula is C14H16F5N3. The van der Waals surface area contributed by atoms with Gasteiger partial charge in [-0.15, -0.1) is 0 Å². The average Bonchev–Trinajstić information content (AvgIpc) is 2.40. The zero-order valence-electron chi connectivity index (χ0n) is 11.9. The van der Waals surface area contributed by atoms with Crippen molar-refractivity contribution < 1.29 is 22.0 Å². The standard InChI is InChI=1S/C14H16F5N3/c1-13(15,16)7-4-8-21-12(20-2)22-11-6-3-5-10(9-11)14(17,18)19/h3,5-6,9H,2,4,7-8H2,1H3,(H,21,22). The molecule has 0 saturated heterocycles. The lowest BCUT2D eigenvalue weighted by Crippen LogP contribution is -2.13. The Morgan fingerprint density at radius 3 is 2.45 bits per heavy atom. The Balaban J connectivity index is 2.68. The van der Waals surface area contributed by atoms with Gasteiger partial charge < -0.3 is 5.32 Å². The molecule has 0 amide bonds. The minimum Gasteiger partial charge on any atom is -0.324 e. The zero-order chi connectivity index (χ0) is 16.8. The summed E-state index contributed by atoms with van der Waals surface area (Å²) in [6, 6.07) is 4.49. The lowest BCUT2D eigenvalue weighted by atomic mass is 10.2. The Kier molecular flexibility index (Phi) is 6.01. The second kappa shape index (κ2) is 7.33. The van der Waals surface area contributed by atoms with Crippen LogP contribution in [0.15, 0.2) is 34.3 Å². The molecule has 0 heterocycles. The van der Waals surface area contributed by atoms with E-state index in [0.29, 0.717) is 0 Å². The van der Waals surface area contributed by atoms with E-state index in [9.17, 15) is 22.0 Å². The van der Waals surface area contributed by atoms with Crippen LogP contribution in [0, 0.1) is 0 Å². The maximum absolute atomic E-state index is 12.6. The van der Waals surface area contributed by atoms with Crippen LogP contribution in [0.1, 0.15) is 25.3 Å². The number of hydrogen-bond acceptors (Lipinski definition) is 1. The van der Waals surface area contributed by atoms with Gasteiger partial charge in [0.05, 0.1) is 5.56 Å². The number of nitrogens with zero attached hydrogens (tertiary/aromatic N) is 2. The highest BCUT2D eigenvalue weighted by Gasteiger charge is 2.30. The fraction of sp³-hybridized carbons (Fsp3) is 0.429. The summed E-state index contributed by atoms with van der Waals surface area (Å²) in [6.45, 7) is 4.13. The fourth-order valence-electron chi connectivity index (χ4n) is 1.61. The number of hydrogen-bond donors (Lipinski definition) is 1. The quantitative estimate of drug-likeness (QED) is 0.366. The molecule has 1 N–H and O–H groups in total. The number of halogens is 5. The molecule has 122 valence electrons. The highest BCUT2D eigenvalue weighted by atomic mass is 19.4. The first-order valence-electron chi connectivity index (χ1n) is 6.45. The lowest BCUT2D eigenvalue weighted by molar-refractivity contribution is -0.137. The van der Waals surface area contributed by atoms with Crippen molar-refractivity contribution in [3.63, 3.8) is 0 Å². The van der Waals surface area contributed by atoms with Crippen molar-refractivity contribution in [2.45, 2.75) is 31.9 Å². The summed E-state index contributed by atoms with van der Waals surface area (Å²) in [4.78, 5) is 7.42. The van der Waals surface area contributed by atoms with Crippen molar-refractivity contribution in [2.24, 2.45) is 9.98 Å². The number of anilines is 1. The van der Waals surface area contributed by atoms with Gasteiger partial charge in [-0.3, -0.25) is 4.99 Å². The third kappa shape index (κ3) is 6.64. The number of guanidine groups is 1. The molecule has 0 saturated carbocycles. The van der Waals surface area contributed by atoms with Gasteiger partial charge in [-0.2, -0.15) is 13.2 Å². The Morgan fingerprint density at radius 1 is 1.23 bits per heavy atom. The van der Waals surface area contributed by atoms with Crippen LogP contribution in [0.25, 0.3) is 0 Å². The van der Waals surface area contributed by atoms with Gasteiger partial charge in [-0.05, 0) is 38.3 Å². The molecule has 0 aliphatic heterocycles. The molecule has 0 aliphatic rings. The topological polar surface area (TPSA) is 36.8 Å². The summed E-state index contributed by atoms with van der Waals surface area (Å²) in [5, 5.41) is 2.57. The third-order valence-electron chi connectivity index (χ3n) is 2.63. The summed E-state index contributed by atoms with van der Waals surface area (Å²) in [5.74, 6) is -2.79. The molecule has 0 spiro atoms. The number of benzene rings is 1. The van der Waals surface area contributed by atoms with Crippen molar-refractivity contribution >= 4 is 18.4 Å². The normalized spacial score (nSPS) is 13.1. The minimum atomic E-state index is -4.46. The lowest BCUT2D eigenvalue weighted by Gasteiger charge is -2.10. The molecule has 22 heavy (non-hydrogen) atoms.